The Morgan fingerprint density at radius 2 is 1.95 bits per heavy atom. The predicted molar refractivity (Wildman–Crippen MR) is 73.8 cm³/mol. The number of carboxylic acid groups (broad SMARTS) is 1. The third-order valence-electron chi connectivity index (χ3n) is 3.63. The van der Waals surface area contributed by atoms with Gasteiger partial charge in [0.2, 0.25) is 0 Å². The molecule has 110 valence electrons. The Hall–Kier alpha value is -2.11. The van der Waals surface area contributed by atoms with Gasteiger partial charge in [-0.15, -0.1) is 0 Å². The average molecular weight is 282 g/mol. The molecule has 0 saturated heterocycles. The molecule has 5 nitrogen and oxygen atoms in total. The standard InChI is InChI=1S/C14H19FN2O3/c1-3-14(4-2,13(19)20)8-17-12(18)10-6-5-9(16)7-11(10)15/h5-7H,3-4,8,16H2,1-2H3,(H,17,18)(H,19,20). The number of hydrogen-bond acceptors (Lipinski definition) is 3. The zero-order valence-electron chi connectivity index (χ0n) is 11.6. The summed E-state index contributed by atoms with van der Waals surface area (Å²) in [5, 5.41) is 11.7. The van der Waals surface area contributed by atoms with Crippen molar-refractivity contribution in [3.63, 3.8) is 0 Å². The summed E-state index contributed by atoms with van der Waals surface area (Å²) in [6.45, 7) is 3.44. The van der Waals surface area contributed by atoms with E-state index in [1.165, 1.54) is 12.1 Å². The number of anilines is 1. The molecule has 0 radical (unpaired) electrons. The molecule has 0 unspecified atom stereocenters. The van der Waals surface area contributed by atoms with E-state index in [1.54, 1.807) is 13.8 Å². The zero-order valence-corrected chi connectivity index (χ0v) is 11.6. The Balaban J connectivity index is 2.83. The second kappa shape index (κ2) is 6.36. The minimum absolute atomic E-state index is 0.0437. The molecule has 1 amide bonds. The normalized spacial score (nSPS) is 11.2. The number of carbonyl (C=O) groups excluding carboxylic acids is 1. The van der Waals surface area contributed by atoms with Gasteiger partial charge in [0.05, 0.1) is 11.0 Å². The number of nitrogens with two attached hydrogens (primary N) is 1. The monoisotopic (exact) mass is 282 g/mol. The van der Waals surface area contributed by atoms with E-state index in [0.717, 1.165) is 6.07 Å². The van der Waals surface area contributed by atoms with Gasteiger partial charge in [-0.3, -0.25) is 9.59 Å². The summed E-state index contributed by atoms with van der Waals surface area (Å²) in [6, 6.07) is 3.75. The molecule has 0 spiro atoms. The van der Waals surface area contributed by atoms with Gasteiger partial charge in [0.1, 0.15) is 5.82 Å². The van der Waals surface area contributed by atoms with Crippen molar-refractivity contribution in [2.24, 2.45) is 5.41 Å². The van der Waals surface area contributed by atoms with E-state index in [9.17, 15) is 19.1 Å². The van der Waals surface area contributed by atoms with Gasteiger partial charge in [-0.05, 0) is 31.0 Å². The lowest BCUT2D eigenvalue weighted by atomic mass is 9.82. The Kier molecular flexibility index (Phi) is 5.07. The van der Waals surface area contributed by atoms with Crippen LogP contribution in [0.4, 0.5) is 10.1 Å². The molecular formula is C14H19FN2O3. The SMILES string of the molecule is CCC(CC)(CNC(=O)c1ccc(N)cc1F)C(=O)O. The third-order valence-corrected chi connectivity index (χ3v) is 3.63. The fourth-order valence-corrected chi connectivity index (χ4v) is 1.94. The Morgan fingerprint density at radius 1 is 1.35 bits per heavy atom. The van der Waals surface area contributed by atoms with Crippen LogP contribution in [-0.2, 0) is 4.79 Å². The summed E-state index contributed by atoms with van der Waals surface area (Å²) in [5.41, 5.74) is 4.45. The largest absolute Gasteiger partial charge is 0.481 e. The number of rotatable bonds is 6. The number of nitrogen functional groups attached to an aromatic ring is 1. The number of nitrogens with one attached hydrogen (secondary N) is 1. The molecule has 1 aromatic rings. The third kappa shape index (κ3) is 3.26. The highest BCUT2D eigenvalue weighted by Gasteiger charge is 2.35. The van der Waals surface area contributed by atoms with E-state index >= 15 is 0 Å². The maximum absolute atomic E-state index is 13.6. The van der Waals surface area contributed by atoms with E-state index < -0.39 is 23.1 Å². The van der Waals surface area contributed by atoms with Crippen molar-refractivity contribution in [1.82, 2.24) is 5.32 Å². The number of halogens is 1. The van der Waals surface area contributed by atoms with Crippen LogP contribution in [0.1, 0.15) is 37.0 Å². The molecule has 1 rings (SSSR count). The molecule has 0 atom stereocenters. The summed E-state index contributed by atoms with van der Waals surface area (Å²) in [5.74, 6) is -2.34. The minimum Gasteiger partial charge on any atom is -0.481 e. The van der Waals surface area contributed by atoms with Gasteiger partial charge < -0.3 is 16.2 Å². The van der Waals surface area contributed by atoms with Gasteiger partial charge in [0.25, 0.3) is 5.91 Å². The highest BCUT2D eigenvalue weighted by Crippen LogP contribution is 2.26. The highest BCUT2D eigenvalue weighted by atomic mass is 19.1. The predicted octanol–water partition coefficient (Wildman–Crippen LogP) is 2.03. The lowest BCUT2D eigenvalue weighted by Crippen LogP contribution is -2.42. The van der Waals surface area contributed by atoms with Crippen LogP contribution >= 0.6 is 0 Å². The molecule has 0 aromatic heterocycles. The molecular weight excluding hydrogens is 263 g/mol. The van der Waals surface area contributed by atoms with Gasteiger partial charge >= 0.3 is 5.97 Å². The minimum atomic E-state index is -1.03. The fraction of sp³-hybridized carbons (Fsp3) is 0.429. The highest BCUT2D eigenvalue weighted by molar-refractivity contribution is 5.95. The number of hydrogen-bond donors (Lipinski definition) is 3. The van der Waals surface area contributed by atoms with Crippen LogP contribution < -0.4 is 11.1 Å². The van der Waals surface area contributed by atoms with Crippen LogP contribution in [0.2, 0.25) is 0 Å². The summed E-state index contributed by atoms with van der Waals surface area (Å²) in [4.78, 5) is 23.2. The molecule has 0 aliphatic heterocycles. The van der Waals surface area contributed by atoms with Crippen LogP contribution in [0, 0.1) is 11.2 Å². The molecule has 4 N–H and O–H groups in total. The Bertz CT molecular complexity index is 513. The Morgan fingerprint density at radius 3 is 2.40 bits per heavy atom. The van der Waals surface area contributed by atoms with E-state index in [2.05, 4.69) is 5.32 Å². The van der Waals surface area contributed by atoms with Crippen molar-refractivity contribution in [3.8, 4) is 0 Å². The molecule has 0 fully saturated rings. The van der Waals surface area contributed by atoms with E-state index in [0.29, 0.717) is 12.8 Å². The van der Waals surface area contributed by atoms with Crippen molar-refractivity contribution in [3.05, 3.63) is 29.6 Å². The van der Waals surface area contributed by atoms with Gasteiger partial charge in [-0.2, -0.15) is 0 Å². The van der Waals surface area contributed by atoms with E-state index in [1.807, 2.05) is 0 Å². The van der Waals surface area contributed by atoms with Crippen molar-refractivity contribution < 1.29 is 19.1 Å². The summed E-state index contributed by atoms with van der Waals surface area (Å²) in [7, 11) is 0. The number of carboxylic acids is 1. The number of carbonyl (C=O) groups is 2. The van der Waals surface area contributed by atoms with Gasteiger partial charge in [0.15, 0.2) is 0 Å². The number of aliphatic carboxylic acids is 1. The molecule has 1 aromatic carbocycles. The first-order chi connectivity index (χ1) is 9.36. The molecule has 0 bridgehead atoms. The quantitative estimate of drug-likeness (QED) is 0.696. The Labute approximate surface area is 117 Å². The van der Waals surface area contributed by atoms with Crippen molar-refractivity contribution >= 4 is 17.6 Å². The fourth-order valence-electron chi connectivity index (χ4n) is 1.94. The second-order valence-electron chi connectivity index (χ2n) is 4.71. The summed E-state index contributed by atoms with van der Waals surface area (Å²) in [6.07, 6.45) is 0.757. The van der Waals surface area contributed by atoms with Crippen LogP contribution in [0.3, 0.4) is 0 Å². The second-order valence-corrected chi connectivity index (χ2v) is 4.71. The summed E-state index contributed by atoms with van der Waals surface area (Å²) >= 11 is 0. The first kappa shape index (κ1) is 15.9. The smallest absolute Gasteiger partial charge is 0.311 e. The maximum atomic E-state index is 13.6. The first-order valence-corrected chi connectivity index (χ1v) is 6.43. The van der Waals surface area contributed by atoms with Crippen LogP contribution in [0.15, 0.2) is 18.2 Å². The first-order valence-electron chi connectivity index (χ1n) is 6.43. The molecule has 0 aliphatic rings. The lowest BCUT2D eigenvalue weighted by molar-refractivity contribution is -0.149. The molecule has 0 saturated carbocycles. The van der Waals surface area contributed by atoms with E-state index in [4.69, 9.17) is 5.73 Å². The van der Waals surface area contributed by atoms with Crippen molar-refractivity contribution in [2.45, 2.75) is 26.7 Å². The van der Waals surface area contributed by atoms with Crippen LogP contribution in [0.25, 0.3) is 0 Å². The molecule has 6 heteroatoms. The topological polar surface area (TPSA) is 92.4 Å². The van der Waals surface area contributed by atoms with Gasteiger partial charge in [0, 0.05) is 12.2 Å². The molecule has 20 heavy (non-hydrogen) atoms. The van der Waals surface area contributed by atoms with Gasteiger partial charge in [-0.1, -0.05) is 13.8 Å². The number of benzene rings is 1. The molecule has 0 heterocycles. The van der Waals surface area contributed by atoms with Crippen molar-refractivity contribution in [1.29, 1.82) is 0 Å². The maximum Gasteiger partial charge on any atom is 0.311 e. The van der Waals surface area contributed by atoms with Gasteiger partial charge in [-0.25, -0.2) is 4.39 Å². The lowest BCUT2D eigenvalue weighted by Gasteiger charge is -2.26. The molecule has 0 aliphatic carbocycles. The van der Waals surface area contributed by atoms with E-state index in [-0.39, 0.29) is 17.8 Å². The average Bonchev–Trinajstić information content (AvgIpc) is 2.39. The summed E-state index contributed by atoms with van der Waals surface area (Å²) < 4.78 is 13.6. The van der Waals surface area contributed by atoms with Crippen LogP contribution in [0.5, 0.6) is 0 Å². The van der Waals surface area contributed by atoms with Crippen LogP contribution in [-0.4, -0.2) is 23.5 Å². The number of amides is 1. The van der Waals surface area contributed by atoms with Crippen molar-refractivity contribution in [2.75, 3.05) is 12.3 Å². The zero-order chi connectivity index (χ0) is 15.3.